The maximum absolute atomic E-state index is 5.19. The molecular weight excluding hydrogens is 260 g/mol. The van der Waals surface area contributed by atoms with Crippen LogP contribution in [-0.4, -0.2) is 17.1 Å². The average Bonchev–Trinajstić information content (AvgIpc) is 2.55. The largest absolute Gasteiger partial charge is 0.497 e. The van der Waals surface area contributed by atoms with Crippen LogP contribution in [0, 0.1) is 6.92 Å². The van der Waals surface area contributed by atoms with E-state index in [-0.39, 0.29) is 0 Å². The standard InChI is InChI=1S/C18H16N2O/c1-13-12-17(14-8-10-16(21-2)11-9-14)20-18(19-13)15-6-4-3-5-7-15/h3-12H,1-2H3. The van der Waals surface area contributed by atoms with Crippen LogP contribution in [0.3, 0.4) is 0 Å². The number of hydrogen-bond acceptors (Lipinski definition) is 3. The first-order chi connectivity index (χ1) is 10.3. The van der Waals surface area contributed by atoms with Crippen molar-refractivity contribution in [3.8, 4) is 28.4 Å². The van der Waals surface area contributed by atoms with Gasteiger partial charge in [0, 0.05) is 16.8 Å². The number of aryl methyl sites for hydroxylation is 1. The fourth-order valence-electron chi connectivity index (χ4n) is 2.19. The molecule has 3 heteroatoms. The summed E-state index contributed by atoms with van der Waals surface area (Å²) in [4.78, 5) is 9.21. The van der Waals surface area contributed by atoms with Gasteiger partial charge in [-0.15, -0.1) is 0 Å². The minimum absolute atomic E-state index is 0.751. The highest BCUT2D eigenvalue weighted by molar-refractivity contribution is 5.64. The third kappa shape index (κ3) is 2.92. The third-order valence-corrected chi connectivity index (χ3v) is 3.27. The van der Waals surface area contributed by atoms with Gasteiger partial charge < -0.3 is 4.74 Å². The molecule has 0 fully saturated rings. The van der Waals surface area contributed by atoms with Gasteiger partial charge in [-0.3, -0.25) is 0 Å². The van der Waals surface area contributed by atoms with Crippen LogP contribution in [0.2, 0.25) is 0 Å². The molecule has 0 N–H and O–H groups in total. The van der Waals surface area contributed by atoms with Crippen LogP contribution in [-0.2, 0) is 0 Å². The lowest BCUT2D eigenvalue weighted by Gasteiger charge is -2.07. The fourth-order valence-corrected chi connectivity index (χ4v) is 2.19. The molecule has 0 bridgehead atoms. The summed E-state index contributed by atoms with van der Waals surface area (Å²) >= 11 is 0. The Kier molecular flexibility index (Phi) is 3.65. The molecule has 0 aliphatic heterocycles. The SMILES string of the molecule is COc1ccc(-c2cc(C)nc(-c3ccccc3)n2)cc1. The summed E-state index contributed by atoms with van der Waals surface area (Å²) in [6.07, 6.45) is 0. The topological polar surface area (TPSA) is 35.0 Å². The van der Waals surface area contributed by atoms with Gasteiger partial charge in [-0.25, -0.2) is 9.97 Å². The van der Waals surface area contributed by atoms with Gasteiger partial charge >= 0.3 is 0 Å². The molecule has 1 heterocycles. The first-order valence-corrected chi connectivity index (χ1v) is 6.82. The number of aromatic nitrogens is 2. The molecule has 0 unspecified atom stereocenters. The van der Waals surface area contributed by atoms with Crippen molar-refractivity contribution < 1.29 is 4.74 Å². The Labute approximate surface area is 124 Å². The van der Waals surface area contributed by atoms with Crippen LogP contribution in [0.5, 0.6) is 5.75 Å². The van der Waals surface area contributed by atoms with E-state index in [9.17, 15) is 0 Å². The Balaban J connectivity index is 2.05. The van der Waals surface area contributed by atoms with E-state index in [1.54, 1.807) is 7.11 Å². The Morgan fingerprint density at radius 1 is 0.810 bits per heavy atom. The Bertz CT molecular complexity index is 737. The van der Waals surface area contributed by atoms with E-state index in [2.05, 4.69) is 9.97 Å². The van der Waals surface area contributed by atoms with Gasteiger partial charge in [0.1, 0.15) is 5.75 Å². The molecular formula is C18H16N2O. The second-order valence-corrected chi connectivity index (χ2v) is 4.81. The maximum atomic E-state index is 5.19. The molecule has 3 aromatic rings. The molecule has 0 aliphatic carbocycles. The summed E-state index contributed by atoms with van der Waals surface area (Å²) in [6, 6.07) is 19.9. The molecule has 0 saturated heterocycles. The molecule has 0 spiro atoms. The number of hydrogen-bond donors (Lipinski definition) is 0. The van der Waals surface area contributed by atoms with Gasteiger partial charge in [-0.2, -0.15) is 0 Å². The summed E-state index contributed by atoms with van der Waals surface area (Å²) in [6.45, 7) is 1.99. The lowest BCUT2D eigenvalue weighted by atomic mass is 10.1. The second-order valence-electron chi connectivity index (χ2n) is 4.81. The van der Waals surface area contributed by atoms with Crippen molar-refractivity contribution in [1.29, 1.82) is 0 Å². The Morgan fingerprint density at radius 3 is 2.19 bits per heavy atom. The number of rotatable bonds is 3. The summed E-state index contributed by atoms with van der Waals surface area (Å²) < 4.78 is 5.19. The molecule has 104 valence electrons. The van der Waals surface area contributed by atoms with E-state index in [0.29, 0.717) is 0 Å². The molecule has 0 atom stereocenters. The monoisotopic (exact) mass is 276 g/mol. The molecule has 2 aromatic carbocycles. The van der Waals surface area contributed by atoms with Crippen molar-refractivity contribution in [2.24, 2.45) is 0 Å². The average molecular weight is 276 g/mol. The van der Waals surface area contributed by atoms with Gasteiger partial charge in [-0.05, 0) is 37.3 Å². The van der Waals surface area contributed by atoms with Crippen LogP contribution in [0.1, 0.15) is 5.69 Å². The van der Waals surface area contributed by atoms with Crippen molar-refractivity contribution in [2.75, 3.05) is 7.11 Å². The molecule has 0 aliphatic rings. The quantitative estimate of drug-likeness (QED) is 0.721. The predicted molar refractivity (Wildman–Crippen MR) is 84.2 cm³/mol. The van der Waals surface area contributed by atoms with E-state index in [1.165, 1.54) is 0 Å². The van der Waals surface area contributed by atoms with E-state index in [0.717, 1.165) is 34.1 Å². The van der Waals surface area contributed by atoms with Crippen molar-refractivity contribution in [3.05, 3.63) is 66.4 Å². The summed E-state index contributed by atoms with van der Waals surface area (Å²) in [5.74, 6) is 1.59. The second kappa shape index (κ2) is 5.75. The van der Waals surface area contributed by atoms with E-state index in [4.69, 9.17) is 4.74 Å². The first kappa shape index (κ1) is 13.3. The zero-order valence-electron chi connectivity index (χ0n) is 12.1. The third-order valence-electron chi connectivity index (χ3n) is 3.27. The number of ether oxygens (including phenoxy) is 1. The maximum Gasteiger partial charge on any atom is 0.160 e. The fraction of sp³-hybridized carbons (Fsp3) is 0.111. The zero-order valence-corrected chi connectivity index (χ0v) is 12.1. The highest BCUT2D eigenvalue weighted by Crippen LogP contribution is 2.24. The number of methoxy groups -OCH3 is 1. The van der Waals surface area contributed by atoms with Crippen molar-refractivity contribution in [3.63, 3.8) is 0 Å². The van der Waals surface area contributed by atoms with E-state index >= 15 is 0 Å². The lowest BCUT2D eigenvalue weighted by molar-refractivity contribution is 0.415. The summed E-state index contributed by atoms with van der Waals surface area (Å²) in [7, 11) is 1.66. The molecule has 0 amide bonds. The van der Waals surface area contributed by atoms with Crippen LogP contribution >= 0.6 is 0 Å². The summed E-state index contributed by atoms with van der Waals surface area (Å²) in [5.41, 5.74) is 3.95. The van der Waals surface area contributed by atoms with Gasteiger partial charge in [-0.1, -0.05) is 30.3 Å². The van der Waals surface area contributed by atoms with Crippen molar-refractivity contribution >= 4 is 0 Å². The van der Waals surface area contributed by atoms with Crippen LogP contribution in [0.25, 0.3) is 22.6 Å². The van der Waals surface area contributed by atoms with Crippen LogP contribution < -0.4 is 4.74 Å². The molecule has 0 saturated carbocycles. The minimum atomic E-state index is 0.751. The van der Waals surface area contributed by atoms with E-state index < -0.39 is 0 Å². The number of nitrogens with zero attached hydrogens (tertiary/aromatic N) is 2. The van der Waals surface area contributed by atoms with Gasteiger partial charge in [0.25, 0.3) is 0 Å². The molecule has 1 aromatic heterocycles. The Morgan fingerprint density at radius 2 is 1.52 bits per heavy atom. The van der Waals surface area contributed by atoms with Crippen LogP contribution in [0.4, 0.5) is 0 Å². The smallest absolute Gasteiger partial charge is 0.160 e. The first-order valence-electron chi connectivity index (χ1n) is 6.82. The summed E-state index contributed by atoms with van der Waals surface area (Å²) in [5, 5.41) is 0. The zero-order chi connectivity index (χ0) is 14.7. The minimum Gasteiger partial charge on any atom is -0.497 e. The predicted octanol–water partition coefficient (Wildman–Crippen LogP) is 4.13. The van der Waals surface area contributed by atoms with Crippen molar-refractivity contribution in [1.82, 2.24) is 9.97 Å². The highest BCUT2D eigenvalue weighted by Gasteiger charge is 2.06. The molecule has 3 nitrogen and oxygen atoms in total. The van der Waals surface area contributed by atoms with Gasteiger partial charge in [0.05, 0.1) is 12.8 Å². The highest BCUT2D eigenvalue weighted by atomic mass is 16.5. The normalized spacial score (nSPS) is 10.4. The Hall–Kier alpha value is -2.68. The molecule has 21 heavy (non-hydrogen) atoms. The number of benzene rings is 2. The lowest BCUT2D eigenvalue weighted by Crippen LogP contribution is -1.95. The van der Waals surface area contributed by atoms with Gasteiger partial charge in [0.2, 0.25) is 0 Å². The van der Waals surface area contributed by atoms with E-state index in [1.807, 2.05) is 67.6 Å². The molecule has 0 radical (unpaired) electrons. The van der Waals surface area contributed by atoms with Gasteiger partial charge in [0.15, 0.2) is 5.82 Å². The van der Waals surface area contributed by atoms with Crippen molar-refractivity contribution in [2.45, 2.75) is 6.92 Å². The molecule has 3 rings (SSSR count). The van der Waals surface area contributed by atoms with Crippen LogP contribution in [0.15, 0.2) is 60.7 Å².